The second-order valence-electron chi connectivity index (χ2n) is 3.36. The SMILES string of the molecule is CNC(=O)Cn1nc2n(c1=O)CCNC2. The molecule has 7 nitrogen and oxygen atoms in total. The topological polar surface area (TPSA) is 81.0 Å². The maximum Gasteiger partial charge on any atom is 0.346 e. The van der Waals surface area contributed by atoms with Crippen LogP contribution in [0.25, 0.3) is 0 Å². The van der Waals surface area contributed by atoms with E-state index in [2.05, 4.69) is 15.7 Å². The highest BCUT2D eigenvalue weighted by molar-refractivity contribution is 5.75. The monoisotopic (exact) mass is 211 g/mol. The molecule has 0 saturated carbocycles. The Bertz CT molecular complexity index is 433. The van der Waals surface area contributed by atoms with E-state index in [4.69, 9.17) is 0 Å². The van der Waals surface area contributed by atoms with Gasteiger partial charge in [0.25, 0.3) is 0 Å². The predicted molar refractivity (Wildman–Crippen MR) is 52.3 cm³/mol. The minimum Gasteiger partial charge on any atom is -0.358 e. The van der Waals surface area contributed by atoms with Crippen LogP contribution in [0.2, 0.25) is 0 Å². The van der Waals surface area contributed by atoms with Crippen LogP contribution in [0.15, 0.2) is 4.79 Å². The maximum absolute atomic E-state index is 11.7. The van der Waals surface area contributed by atoms with Gasteiger partial charge in [0, 0.05) is 20.1 Å². The molecule has 0 saturated heterocycles. The second-order valence-corrected chi connectivity index (χ2v) is 3.36. The van der Waals surface area contributed by atoms with Crippen molar-refractivity contribution in [2.24, 2.45) is 0 Å². The van der Waals surface area contributed by atoms with Crippen molar-refractivity contribution in [3.05, 3.63) is 16.3 Å². The Labute approximate surface area is 86.1 Å². The van der Waals surface area contributed by atoms with Crippen LogP contribution in [0.1, 0.15) is 5.82 Å². The third-order valence-corrected chi connectivity index (χ3v) is 2.37. The lowest BCUT2D eigenvalue weighted by molar-refractivity contribution is -0.121. The Morgan fingerprint density at radius 1 is 1.67 bits per heavy atom. The zero-order valence-corrected chi connectivity index (χ0v) is 8.49. The first kappa shape index (κ1) is 9.91. The summed E-state index contributed by atoms with van der Waals surface area (Å²) in [5.74, 6) is 0.468. The molecule has 2 heterocycles. The second kappa shape index (κ2) is 3.85. The van der Waals surface area contributed by atoms with Crippen molar-refractivity contribution in [3.8, 4) is 0 Å². The molecule has 0 atom stereocenters. The van der Waals surface area contributed by atoms with Crippen LogP contribution in [0.4, 0.5) is 0 Å². The number of nitrogens with zero attached hydrogens (tertiary/aromatic N) is 3. The quantitative estimate of drug-likeness (QED) is 0.587. The molecule has 0 unspecified atom stereocenters. The number of aromatic nitrogens is 3. The summed E-state index contributed by atoms with van der Waals surface area (Å²) in [5, 5.41) is 9.65. The fraction of sp³-hybridized carbons (Fsp3) is 0.625. The Balaban J connectivity index is 2.29. The summed E-state index contributed by atoms with van der Waals surface area (Å²) >= 11 is 0. The molecule has 0 aliphatic carbocycles. The number of fused-ring (bicyclic) bond motifs is 1. The lowest BCUT2D eigenvalue weighted by Crippen LogP contribution is -2.35. The van der Waals surface area contributed by atoms with Crippen LogP contribution >= 0.6 is 0 Å². The van der Waals surface area contributed by atoms with E-state index in [1.165, 1.54) is 11.7 Å². The highest BCUT2D eigenvalue weighted by Crippen LogP contribution is 1.97. The molecule has 1 aliphatic heterocycles. The number of nitrogens with one attached hydrogen (secondary N) is 2. The predicted octanol–water partition coefficient (Wildman–Crippen LogP) is -2.11. The fourth-order valence-electron chi connectivity index (χ4n) is 1.55. The van der Waals surface area contributed by atoms with Crippen molar-refractivity contribution in [3.63, 3.8) is 0 Å². The van der Waals surface area contributed by atoms with Crippen LogP contribution in [0, 0.1) is 0 Å². The molecule has 2 N–H and O–H groups in total. The van der Waals surface area contributed by atoms with Gasteiger partial charge in [0.15, 0.2) is 0 Å². The molecular formula is C8H13N5O2. The highest BCUT2D eigenvalue weighted by Gasteiger charge is 2.17. The van der Waals surface area contributed by atoms with E-state index in [1.54, 1.807) is 4.57 Å². The number of carbonyl (C=O) groups is 1. The van der Waals surface area contributed by atoms with Crippen LogP contribution in [0.3, 0.4) is 0 Å². The molecule has 1 aromatic rings. The molecule has 1 aromatic heterocycles. The van der Waals surface area contributed by atoms with E-state index in [9.17, 15) is 9.59 Å². The molecule has 0 spiro atoms. The molecule has 1 aliphatic rings. The van der Waals surface area contributed by atoms with Crippen LogP contribution in [-0.2, 0) is 24.4 Å². The van der Waals surface area contributed by atoms with Gasteiger partial charge in [-0.25, -0.2) is 9.48 Å². The van der Waals surface area contributed by atoms with Gasteiger partial charge in [0.05, 0.1) is 6.54 Å². The molecule has 82 valence electrons. The molecule has 0 fully saturated rings. The van der Waals surface area contributed by atoms with Crippen LogP contribution in [-0.4, -0.2) is 33.8 Å². The van der Waals surface area contributed by atoms with Crippen LogP contribution in [0.5, 0.6) is 0 Å². The molecule has 1 amide bonds. The first-order valence-electron chi connectivity index (χ1n) is 4.80. The van der Waals surface area contributed by atoms with E-state index < -0.39 is 0 Å². The van der Waals surface area contributed by atoms with Gasteiger partial charge in [-0.15, -0.1) is 0 Å². The Kier molecular flexibility index (Phi) is 2.55. The van der Waals surface area contributed by atoms with E-state index in [1.807, 2.05) is 0 Å². The molecule has 0 radical (unpaired) electrons. The van der Waals surface area contributed by atoms with E-state index in [0.29, 0.717) is 18.9 Å². The fourth-order valence-corrected chi connectivity index (χ4v) is 1.55. The zero-order valence-electron chi connectivity index (χ0n) is 8.49. The average Bonchev–Trinajstić information content (AvgIpc) is 2.57. The Morgan fingerprint density at radius 3 is 3.13 bits per heavy atom. The normalized spacial score (nSPS) is 14.7. The van der Waals surface area contributed by atoms with Gasteiger partial charge in [0.1, 0.15) is 12.4 Å². The molecular weight excluding hydrogens is 198 g/mol. The first-order valence-corrected chi connectivity index (χ1v) is 4.80. The molecule has 7 heteroatoms. The average molecular weight is 211 g/mol. The number of carbonyl (C=O) groups excluding carboxylic acids is 1. The van der Waals surface area contributed by atoms with Crippen molar-refractivity contribution < 1.29 is 4.79 Å². The zero-order chi connectivity index (χ0) is 10.8. The lowest BCUT2D eigenvalue weighted by atomic mass is 10.4. The van der Waals surface area contributed by atoms with Gasteiger partial charge in [-0.1, -0.05) is 0 Å². The summed E-state index contributed by atoms with van der Waals surface area (Å²) in [6.45, 7) is 1.94. The number of hydrogen-bond donors (Lipinski definition) is 2. The van der Waals surface area contributed by atoms with Crippen molar-refractivity contribution >= 4 is 5.91 Å². The van der Waals surface area contributed by atoms with Crippen molar-refractivity contribution in [1.82, 2.24) is 25.0 Å². The minimum atomic E-state index is -0.222. The largest absolute Gasteiger partial charge is 0.358 e. The summed E-state index contributed by atoms with van der Waals surface area (Å²) in [6, 6.07) is 0. The first-order chi connectivity index (χ1) is 7.22. The standard InChI is InChI=1S/C8H13N5O2/c1-9-7(14)5-13-8(15)12-3-2-10-4-6(12)11-13/h10H,2-5H2,1H3,(H,9,14). The number of amides is 1. The van der Waals surface area contributed by atoms with Gasteiger partial charge >= 0.3 is 5.69 Å². The van der Waals surface area contributed by atoms with Gasteiger partial charge in [-0.05, 0) is 0 Å². The summed E-state index contributed by atoms with van der Waals surface area (Å²) in [4.78, 5) is 22.8. The smallest absolute Gasteiger partial charge is 0.346 e. The summed E-state index contributed by atoms with van der Waals surface area (Å²) in [6.07, 6.45) is 0. The number of hydrogen-bond acceptors (Lipinski definition) is 4. The minimum absolute atomic E-state index is 0.0185. The summed E-state index contributed by atoms with van der Waals surface area (Å²) < 4.78 is 2.79. The van der Waals surface area contributed by atoms with Crippen molar-refractivity contribution in [2.75, 3.05) is 13.6 Å². The maximum atomic E-state index is 11.7. The number of rotatable bonds is 2. The lowest BCUT2D eigenvalue weighted by Gasteiger charge is -2.11. The summed E-state index contributed by atoms with van der Waals surface area (Å²) in [5.41, 5.74) is -0.213. The number of likely N-dealkylation sites (N-methyl/N-ethyl adjacent to an activating group) is 1. The van der Waals surface area contributed by atoms with Crippen molar-refractivity contribution in [2.45, 2.75) is 19.6 Å². The van der Waals surface area contributed by atoms with Crippen LogP contribution < -0.4 is 16.3 Å². The Morgan fingerprint density at radius 2 is 2.47 bits per heavy atom. The molecule has 15 heavy (non-hydrogen) atoms. The van der Waals surface area contributed by atoms with E-state index in [-0.39, 0.29) is 18.1 Å². The molecule has 0 bridgehead atoms. The Hall–Kier alpha value is -1.63. The highest BCUT2D eigenvalue weighted by atomic mass is 16.2. The third-order valence-electron chi connectivity index (χ3n) is 2.37. The molecule has 2 rings (SSSR count). The van der Waals surface area contributed by atoms with Gasteiger partial charge < -0.3 is 10.6 Å². The molecule has 0 aromatic carbocycles. The van der Waals surface area contributed by atoms with Gasteiger partial charge in [0.2, 0.25) is 5.91 Å². The van der Waals surface area contributed by atoms with Crippen molar-refractivity contribution in [1.29, 1.82) is 0 Å². The van der Waals surface area contributed by atoms with Gasteiger partial charge in [-0.2, -0.15) is 5.10 Å². The summed E-state index contributed by atoms with van der Waals surface area (Å²) in [7, 11) is 1.53. The third kappa shape index (κ3) is 1.78. The van der Waals surface area contributed by atoms with E-state index >= 15 is 0 Å². The van der Waals surface area contributed by atoms with E-state index in [0.717, 1.165) is 6.54 Å². The van der Waals surface area contributed by atoms with Gasteiger partial charge in [-0.3, -0.25) is 9.36 Å².